The van der Waals surface area contributed by atoms with Gasteiger partial charge in [-0.3, -0.25) is 0 Å². The first-order valence-corrected chi connectivity index (χ1v) is 9.52. The zero-order valence-corrected chi connectivity index (χ0v) is 13.9. The van der Waals surface area contributed by atoms with Crippen molar-refractivity contribution in [3.8, 4) is 0 Å². The number of sulfone groups is 1. The maximum Gasteiger partial charge on any atom is 0.178 e. The van der Waals surface area contributed by atoms with E-state index in [9.17, 15) is 8.42 Å². The van der Waals surface area contributed by atoms with Crippen LogP contribution >= 0.6 is 11.3 Å². The van der Waals surface area contributed by atoms with Crippen molar-refractivity contribution in [3.05, 3.63) is 40.8 Å². The molecular weight excluding hydrogens is 304 g/mol. The van der Waals surface area contributed by atoms with Crippen LogP contribution in [-0.2, 0) is 9.84 Å². The van der Waals surface area contributed by atoms with Crippen molar-refractivity contribution in [1.29, 1.82) is 0 Å². The number of hydrogen-bond donors (Lipinski definition) is 1. The second kappa shape index (κ2) is 7.04. The summed E-state index contributed by atoms with van der Waals surface area (Å²) in [6.45, 7) is 4.76. The number of benzene rings is 1. The van der Waals surface area contributed by atoms with Crippen LogP contribution in [0.4, 0.5) is 5.69 Å². The fourth-order valence-corrected chi connectivity index (χ4v) is 4.03. The topological polar surface area (TPSA) is 59.1 Å². The minimum atomic E-state index is -3.13. The minimum absolute atomic E-state index is 0.195. The van der Waals surface area contributed by atoms with E-state index in [4.69, 9.17) is 0 Å². The molecule has 0 saturated carbocycles. The number of aromatic nitrogens is 1. The van der Waals surface area contributed by atoms with Gasteiger partial charge in [-0.1, -0.05) is 13.8 Å². The normalized spacial score (nSPS) is 13.0. The zero-order chi connectivity index (χ0) is 15.3. The average Bonchev–Trinajstić information content (AvgIpc) is 2.99. The fourth-order valence-electron chi connectivity index (χ4n) is 2.00. The van der Waals surface area contributed by atoms with Crippen molar-refractivity contribution in [2.45, 2.75) is 31.1 Å². The third-order valence-electron chi connectivity index (χ3n) is 3.17. The van der Waals surface area contributed by atoms with Crippen molar-refractivity contribution in [2.24, 2.45) is 0 Å². The minimum Gasteiger partial charge on any atom is -0.384 e. The lowest BCUT2D eigenvalue weighted by molar-refractivity contribution is 0.595. The summed E-state index contributed by atoms with van der Waals surface area (Å²) in [4.78, 5) is 4.69. The van der Waals surface area contributed by atoms with Crippen molar-refractivity contribution >= 4 is 26.9 Å². The number of rotatable bonds is 7. The summed E-state index contributed by atoms with van der Waals surface area (Å²) >= 11 is 1.65. The Labute approximate surface area is 130 Å². The van der Waals surface area contributed by atoms with E-state index in [0.717, 1.165) is 17.2 Å². The summed E-state index contributed by atoms with van der Waals surface area (Å²) in [5, 5.41) is 6.39. The molecular formula is C15H20N2O2S2. The molecule has 1 aromatic carbocycles. The summed E-state index contributed by atoms with van der Waals surface area (Å²) in [5.74, 6) is 0.523. The van der Waals surface area contributed by atoms with Gasteiger partial charge in [0.05, 0.1) is 15.7 Å². The summed E-state index contributed by atoms with van der Waals surface area (Å²) in [6.07, 6.45) is 2.44. The van der Waals surface area contributed by atoms with Crippen LogP contribution in [0.3, 0.4) is 0 Å². The maximum absolute atomic E-state index is 11.9. The molecule has 1 heterocycles. The van der Waals surface area contributed by atoms with Crippen LogP contribution in [0.15, 0.2) is 40.7 Å². The van der Waals surface area contributed by atoms with Crippen molar-refractivity contribution in [2.75, 3.05) is 17.6 Å². The van der Waals surface area contributed by atoms with Gasteiger partial charge in [-0.25, -0.2) is 13.4 Å². The summed E-state index contributed by atoms with van der Waals surface area (Å²) in [6, 6.07) is 6.97. The average molecular weight is 324 g/mol. The van der Waals surface area contributed by atoms with Gasteiger partial charge in [-0.05, 0) is 30.7 Å². The molecule has 0 fully saturated rings. The molecule has 0 spiro atoms. The molecule has 21 heavy (non-hydrogen) atoms. The van der Waals surface area contributed by atoms with E-state index in [1.807, 2.05) is 30.6 Å². The van der Waals surface area contributed by atoms with Crippen LogP contribution in [0.1, 0.15) is 31.2 Å². The Morgan fingerprint density at radius 1 is 1.29 bits per heavy atom. The Hall–Kier alpha value is -1.40. The maximum atomic E-state index is 11.9. The van der Waals surface area contributed by atoms with Gasteiger partial charge in [-0.2, -0.15) is 0 Å². The van der Waals surface area contributed by atoms with Crippen LogP contribution in [-0.4, -0.2) is 25.7 Å². The standard InChI is InChI=1S/C15H20N2O2S2/c1-3-10-21(18,19)14-6-4-13(5-7-14)17-11-12(2)15-16-8-9-20-15/h4-9,12,17H,3,10-11H2,1-2H3. The predicted molar refractivity (Wildman–Crippen MR) is 87.8 cm³/mol. The van der Waals surface area contributed by atoms with Gasteiger partial charge in [0.15, 0.2) is 9.84 Å². The Balaban J connectivity index is 1.97. The largest absolute Gasteiger partial charge is 0.384 e. The molecule has 2 rings (SSSR count). The molecule has 1 N–H and O–H groups in total. The van der Waals surface area contributed by atoms with E-state index in [0.29, 0.717) is 17.2 Å². The monoisotopic (exact) mass is 324 g/mol. The molecule has 0 aliphatic carbocycles. The molecule has 114 valence electrons. The van der Waals surface area contributed by atoms with E-state index >= 15 is 0 Å². The van der Waals surface area contributed by atoms with Gasteiger partial charge >= 0.3 is 0 Å². The molecule has 1 atom stereocenters. The van der Waals surface area contributed by atoms with Crippen LogP contribution < -0.4 is 5.32 Å². The summed E-state index contributed by atoms with van der Waals surface area (Å²) < 4.78 is 23.9. The highest BCUT2D eigenvalue weighted by molar-refractivity contribution is 7.91. The third-order valence-corrected chi connectivity index (χ3v) is 6.11. The van der Waals surface area contributed by atoms with E-state index in [1.165, 1.54) is 0 Å². The van der Waals surface area contributed by atoms with Gasteiger partial charge in [-0.15, -0.1) is 11.3 Å². The SMILES string of the molecule is CCCS(=O)(=O)c1ccc(NCC(C)c2nccs2)cc1. The smallest absolute Gasteiger partial charge is 0.178 e. The molecule has 1 aromatic heterocycles. The van der Waals surface area contributed by atoms with E-state index in [1.54, 1.807) is 23.5 Å². The Bertz CT molecular complexity index is 649. The Morgan fingerprint density at radius 3 is 2.57 bits per heavy atom. The van der Waals surface area contributed by atoms with Crippen molar-refractivity contribution in [1.82, 2.24) is 4.98 Å². The summed E-state index contributed by atoms with van der Waals surface area (Å²) in [7, 11) is -3.13. The van der Waals surface area contributed by atoms with Crippen LogP contribution in [0.2, 0.25) is 0 Å². The van der Waals surface area contributed by atoms with E-state index in [-0.39, 0.29) is 5.75 Å². The molecule has 0 aliphatic rings. The fraction of sp³-hybridized carbons (Fsp3) is 0.400. The van der Waals surface area contributed by atoms with Gasteiger partial charge in [0.1, 0.15) is 0 Å². The molecule has 0 bridgehead atoms. The lowest BCUT2D eigenvalue weighted by atomic mass is 10.2. The Kier molecular flexibility index (Phi) is 5.36. The lowest BCUT2D eigenvalue weighted by Crippen LogP contribution is -2.10. The molecule has 4 nitrogen and oxygen atoms in total. The summed E-state index contributed by atoms with van der Waals surface area (Å²) in [5.41, 5.74) is 0.925. The molecule has 1 unspecified atom stereocenters. The van der Waals surface area contributed by atoms with Gasteiger partial charge in [0, 0.05) is 29.7 Å². The second-order valence-corrected chi connectivity index (χ2v) is 8.03. The molecule has 0 aliphatic heterocycles. The number of thiazole rings is 1. The first-order chi connectivity index (χ1) is 10.0. The highest BCUT2D eigenvalue weighted by Gasteiger charge is 2.13. The second-order valence-electron chi connectivity index (χ2n) is 5.00. The van der Waals surface area contributed by atoms with Crippen LogP contribution in [0.25, 0.3) is 0 Å². The third kappa shape index (κ3) is 4.28. The van der Waals surface area contributed by atoms with Gasteiger partial charge in [0.25, 0.3) is 0 Å². The zero-order valence-electron chi connectivity index (χ0n) is 12.2. The molecule has 6 heteroatoms. The number of nitrogens with zero attached hydrogens (tertiary/aromatic N) is 1. The Morgan fingerprint density at radius 2 is 2.00 bits per heavy atom. The predicted octanol–water partition coefficient (Wildman–Crippen LogP) is 3.54. The first kappa shape index (κ1) is 16.0. The van der Waals surface area contributed by atoms with Gasteiger partial charge in [0.2, 0.25) is 0 Å². The molecule has 0 saturated heterocycles. The first-order valence-electron chi connectivity index (χ1n) is 6.99. The number of hydrogen-bond acceptors (Lipinski definition) is 5. The van der Waals surface area contributed by atoms with E-state index < -0.39 is 9.84 Å². The van der Waals surface area contributed by atoms with Crippen LogP contribution in [0, 0.1) is 0 Å². The van der Waals surface area contributed by atoms with Gasteiger partial charge < -0.3 is 5.32 Å². The highest BCUT2D eigenvalue weighted by Crippen LogP contribution is 2.20. The quantitative estimate of drug-likeness (QED) is 0.846. The van der Waals surface area contributed by atoms with E-state index in [2.05, 4.69) is 17.2 Å². The van der Waals surface area contributed by atoms with Crippen molar-refractivity contribution in [3.63, 3.8) is 0 Å². The van der Waals surface area contributed by atoms with Crippen LogP contribution in [0.5, 0.6) is 0 Å². The lowest BCUT2D eigenvalue weighted by Gasteiger charge is -2.11. The number of anilines is 1. The molecule has 2 aromatic rings. The van der Waals surface area contributed by atoms with Crippen molar-refractivity contribution < 1.29 is 8.42 Å². The molecule has 0 radical (unpaired) electrons. The molecule has 0 amide bonds. The highest BCUT2D eigenvalue weighted by atomic mass is 32.2. The number of nitrogens with one attached hydrogen (secondary N) is 1.